The molecular formula is C16H19NO2S. The first-order valence-corrected chi connectivity index (χ1v) is 8.90. The Morgan fingerprint density at radius 3 is 2.00 bits per heavy atom. The van der Waals surface area contributed by atoms with Crippen molar-refractivity contribution in [2.24, 2.45) is 0 Å². The number of fused-ring (bicyclic) bond motifs is 1. The number of hydrogen-bond acceptors (Lipinski definition) is 2. The number of sulfonamides is 1. The summed E-state index contributed by atoms with van der Waals surface area (Å²) in [6.45, 7) is 0. The molecule has 0 amide bonds. The van der Waals surface area contributed by atoms with Crippen LogP contribution in [0.3, 0.4) is 0 Å². The molecule has 0 N–H and O–H groups in total. The molecule has 1 aliphatic heterocycles. The smallest absolute Gasteiger partial charge is 0.207 e. The van der Waals surface area contributed by atoms with Gasteiger partial charge in [0.1, 0.15) is 0 Å². The Bertz CT molecular complexity index is 639. The van der Waals surface area contributed by atoms with E-state index in [9.17, 15) is 8.42 Å². The fraction of sp³-hybridized carbons (Fsp3) is 0.500. The molecule has 0 spiro atoms. The minimum absolute atomic E-state index is 0.233. The molecule has 1 fully saturated rings. The summed E-state index contributed by atoms with van der Waals surface area (Å²) in [6.07, 6.45) is 6.90. The molecule has 3 aliphatic rings. The highest BCUT2D eigenvalue weighted by molar-refractivity contribution is 7.89. The minimum Gasteiger partial charge on any atom is -0.207 e. The van der Waals surface area contributed by atoms with Crippen LogP contribution in [0.15, 0.2) is 46.4 Å². The van der Waals surface area contributed by atoms with E-state index in [0.717, 1.165) is 12.8 Å². The number of nitrogens with zero attached hydrogens (tertiary/aromatic N) is 1. The summed E-state index contributed by atoms with van der Waals surface area (Å²) in [4.78, 5) is 0.437. The SMILES string of the molecule is O=S(=O)(c1ccccc1)N1[C@@H]2CC3=C(CCCC3)C[C@@H]21. The highest BCUT2D eigenvalue weighted by atomic mass is 32.2. The van der Waals surface area contributed by atoms with Crippen molar-refractivity contribution in [2.75, 3.05) is 0 Å². The van der Waals surface area contributed by atoms with Gasteiger partial charge in [0.05, 0.1) is 4.90 Å². The van der Waals surface area contributed by atoms with Crippen LogP contribution in [0.1, 0.15) is 38.5 Å². The lowest BCUT2D eigenvalue weighted by atomic mass is 9.82. The maximum Gasteiger partial charge on any atom is 0.243 e. The van der Waals surface area contributed by atoms with Crippen LogP contribution < -0.4 is 0 Å². The maximum absolute atomic E-state index is 12.7. The predicted molar refractivity (Wildman–Crippen MR) is 77.8 cm³/mol. The second-order valence-corrected chi connectivity index (χ2v) is 7.95. The van der Waals surface area contributed by atoms with Crippen molar-refractivity contribution >= 4 is 10.0 Å². The number of benzene rings is 1. The molecule has 1 heterocycles. The second-order valence-electron chi connectivity index (χ2n) is 6.11. The summed E-state index contributed by atoms with van der Waals surface area (Å²) in [5, 5.41) is 0. The lowest BCUT2D eigenvalue weighted by molar-refractivity contribution is 0.545. The van der Waals surface area contributed by atoms with E-state index in [1.807, 2.05) is 6.07 Å². The largest absolute Gasteiger partial charge is 0.243 e. The van der Waals surface area contributed by atoms with Gasteiger partial charge in [-0.3, -0.25) is 0 Å². The third-order valence-electron chi connectivity index (χ3n) is 4.94. The summed E-state index contributed by atoms with van der Waals surface area (Å²) >= 11 is 0. The van der Waals surface area contributed by atoms with Crippen molar-refractivity contribution in [1.82, 2.24) is 4.31 Å². The average Bonchev–Trinajstić information content (AvgIpc) is 3.19. The molecule has 4 heteroatoms. The molecule has 2 aliphatic carbocycles. The molecule has 20 heavy (non-hydrogen) atoms. The first-order chi connectivity index (χ1) is 9.68. The minimum atomic E-state index is -3.28. The van der Waals surface area contributed by atoms with Crippen LogP contribution >= 0.6 is 0 Å². The zero-order valence-electron chi connectivity index (χ0n) is 11.5. The van der Waals surface area contributed by atoms with Crippen LogP contribution in [-0.2, 0) is 10.0 Å². The zero-order chi connectivity index (χ0) is 13.7. The van der Waals surface area contributed by atoms with E-state index in [-0.39, 0.29) is 12.1 Å². The van der Waals surface area contributed by atoms with Crippen molar-refractivity contribution in [3.63, 3.8) is 0 Å². The molecule has 0 saturated carbocycles. The summed E-state index contributed by atoms with van der Waals surface area (Å²) in [7, 11) is -3.28. The topological polar surface area (TPSA) is 37.1 Å². The molecule has 1 aromatic carbocycles. The predicted octanol–water partition coefficient (Wildman–Crippen LogP) is 3.09. The van der Waals surface area contributed by atoms with E-state index in [4.69, 9.17) is 0 Å². The fourth-order valence-corrected chi connectivity index (χ4v) is 5.69. The Balaban J connectivity index is 1.60. The second kappa shape index (κ2) is 4.43. The van der Waals surface area contributed by atoms with Gasteiger partial charge in [-0.15, -0.1) is 0 Å². The first-order valence-electron chi connectivity index (χ1n) is 7.46. The molecule has 1 saturated heterocycles. The van der Waals surface area contributed by atoms with Gasteiger partial charge in [0.25, 0.3) is 0 Å². The van der Waals surface area contributed by atoms with Gasteiger partial charge in [0.2, 0.25) is 10.0 Å². The van der Waals surface area contributed by atoms with Gasteiger partial charge < -0.3 is 0 Å². The Kier molecular flexibility index (Phi) is 2.79. The van der Waals surface area contributed by atoms with Gasteiger partial charge >= 0.3 is 0 Å². The summed E-state index contributed by atoms with van der Waals surface area (Å²) < 4.78 is 27.1. The molecule has 0 aromatic heterocycles. The lowest BCUT2D eigenvalue weighted by Crippen LogP contribution is -2.15. The zero-order valence-corrected chi connectivity index (χ0v) is 12.3. The summed E-state index contributed by atoms with van der Waals surface area (Å²) in [5.41, 5.74) is 3.12. The third kappa shape index (κ3) is 1.85. The normalized spacial score (nSPS) is 32.5. The Labute approximate surface area is 120 Å². The van der Waals surface area contributed by atoms with Gasteiger partial charge in [-0.05, 0) is 50.7 Å². The number of rotatable bonds is 2. The quantitative estimate of drug-likeness (QED) is 0.620. The summed E-state index contributed by atoms with van der Waals surface area (Å²) in [5.74, 6) is 0. The highest BCUT2D eigenvalue weighted by Gasteiger charge is 2.57. The third-order valence-corrected chi connectivity index (χ3v) is 6.91. The molecule has 3 atom stereocenters. The first kappa shape index (κ1) is 12.6. The fourth-order valence-electron chi connectivity index (χ4n) is 3.86. The van der Waals surface area contributed by atoms with Gasteiger partial charge in [-0.1, -0.05) is 29.3 Å². The Hall–Kier alpha value is -1.13. The molecule has 0 radical (unpaired) electrons. The van der Waals surface area contributed by atoms with Crippen molar-refractivity contribution in [1.29, 1.82) is 0 Å². The van der Waals surface area contributed by atoms with Crippen LogP contribution in [0.25, 0.3) is 0 Å². The molecule has 1 aromatic rings. The maximum atomic E-state index is 12.7. The van der Waals surface area contributed by atoms with Crippen LogP contribution in [0.4, 0.5) is 0 Å². The van der Waals surface area contributed by atoms with E-state index >= 15 is 0 Å². The monoisotopic (exact) mass is 289 g/mol. The van der Waals surface area contributed by atoms with Gasteiger partial charge in [0, 0.05) is 12.1 Å². The molecule has 0 bridgehead atoms. The molecule has 4 rings (SSSR count). The lowest BCUT2D eigenvalue weighted by Gasteiger charge is -2.22. The van der Waals surface area contributed by atoms with Crippen molar-refractivity contribution in [3.05, 3.63) is 41.5 Å². The van der Waals surface area contributed by atoms with Crippen LogP contribution in [0.2, 0.25) is 0 Å². The molecular weight excluding hydrogens is 270 g/mol. The van der Waals surface area contributed by atoms with Crippen LogP contribution in [0, 0.1) is 0 Å². The highest BCUT2D eigenvalue weighted by Crippen LogP contribution is 2.49. The van der Waals surface area contributed by atoms with E-state index in [1.54, 1.807) is 39.7 Å². The Morgan fingerprint density at radius 2 is 1.45 bits per heavy atom. The average molecular weight is 289 g/mol. The Morgan fingerprint density at radius 1 is 0.900 bits per heavy atom. The van der Waals surface area contributed by atoms with Crippen LogP contribution in [-0.4, -0.2) is 24.8 Å². The van der Waals surface area contributed by atoms with E-state index < -0.39 is 10.0 Å². The number of hydrogen-bond donors (Lipinski definition) is 0. The molecule has 106 valence electrons. The van der Waals surface area contributed by atoms with Crippen LogP contribution in [0.5, 0.6) is 0 Å². The molecule has 1 unspecified atom stereocenters. The van der Waals surface area contributed by atoms with Gasteiger partial charge in [-0.2, -0.15) is 4.31 Å². The van der Waals surface area contributed by atoms with E-state index in [1.165, 1.54) is 25.7 Å². The van der Waals surface area contributed by atoms with Crippen molar-refractivity contribution in [3.8, 4) is 0 Å². The van der Waals surface area contributed by atoms with Crippen molar-refractivity contribution in [2.45, 2.75) is 55.5 Å². The molecule has 3 nitrogen and oxygen atoms in total. The van der Waals surface area contributed by atoms with E-state index in [2.05, 4.69) is 0 Å². The van der Waals surface area contributed by atoms with Gasteiger partial charge in [0.15, 0.2) is 0 Å². The van der Waals surface area contributed by atoms with Crippen molar-refractivity contribution < 1.29 is 8.42 Å². The van der Waals surface area contributed by atoms with Gasteiger partial charge in [-0.25, -0.2) is 8.42 Å². The van der Waals surface area contributed by atoms with E-state index in [0.29, 0.717) is 4.90 Å². The summed E-state index contributed by atoms with van der Waals surface area (Å²) in [6, 6.07) is 9.32. The standard InChI is InChI=1S/C16H19NO2S/c18-20(19,14-8-2-1-3-9-14)17-15-10-12-6-4-5-7-13(12)11-16(15)17/h1-3,8-9,15-16H,4-7,10-11H2/t15-,16+,17?.